The minimum absolute atomic E-state index is 0. The fourth-order valence-electron chi connectivity index (χ4n) is 1.87. The second-order valence-corrected chi connectivity index (χ2v) is 4.12. The number of carboxylic acids is 1. The molecule has 2 rings (SSSR count). The van der Waals surface area contributed by atoms with Crippen molar-refractivity contribution in [3.8, 4) is 0 Å². The molecule has 0 atom stereocenters. The van der Waals surface area contributed by atoms with Crippen LogP contribution in [0, 0.1) is 0 Å². The molecule has 0 aliphatic carbocycles. The zero-order valence-electron chi connectivity index (χ0n) is 11.6. The molecule has 4 N–H and O–H groups in total. The number of carbonyl (C=O) groups is 2. The maximum atomic E-state index is 12.3. The number of ketones is 1. The standard InChI is InChI=1S/C15H13NO3.Na.H2O/c16-14-11(9-13(17)18)7-4-8-12(14)15(19)10-5-2-1-3-6-10;;/h1-8H,9,16H2,(H,17,18);;1H2/q;+1;/p-1. The molecule has 2 aromatic rings. The van der Waals surface area contributed by atoms with Gasteiger partial charge in [-0.25, -0.2) is 0 Å². The van der Waals surface area contributed by atoms with E-state index < -0.39 is 5.97 Å². The quantitative estimate of drug-likeness (QED) is 0.367. The second-order valence-electron chi connectivity index (χ2n) is 4.12. The van der Waals surface area contributed by atoms with Gasteiger partial charge in [-0.15, -0.1) is 0 Å². The van der Waals surface area contributed by atoms with Gasteiger partial charge in [-0.2, -0.15) is 0 Å². The van der Waals surface area contributed by atoms with Crippen LogP contribution < -0.4 is 40.4 Å². The monoisotopic (exact) mass is 295 g/mol. The van der Waals surface area contributed by atoms with Crippen molar-refractivity contribution in [3.05, 3.63) is 65.2 Å². The molecule has 21 heavy (non-hydrogen) atoms. The van der Waals surface area contributed by atoms with E-state index in [0.717, 1.165) is 0 Å². The van der Waals surface area contributed by atoms with E-state index in [9.17, 15) is 14.7 Å². The normalized spacial score (nSPS) is 9.14. The van der Waals surface area contributed by atoms with E-state index in [1.54, 1.807) is 42.5 Å². The molecule has 0 aliphatic heterocycles. The fraction of sp³-hybridized carbons (Fsp3) is 0.0667. The predicted octanol–water partition coefficient (Wildman–Crippen LogP) is -3.03. The number of nitrogens with two attached hydrogens (primary N) is 1. The van der Waals surface area contributed by atoms with E-state index in [4.69, 9.17) is 5.73 Å². The number of rotatable bonds is 4. The molecular formula is C15H14NNaO4. The molecule has 5 nitrogen and oxygen atoms in total. The first-order chi connectivity index (χ1) is 9.09. The van der Waals surface area contributed by atoms with Crippen LogP contribution in [0.3, 0.4) is 0 Å². The van der Waals surface area contributed by atoms with Gasteiger partial charge in [-0.05, 0) is 11.6 Å². The summed E-state index contributed by atoms with van der Waals surface area (Å²) in [6.07, 6.45) is -0.304. The Morgan fingerprint density at radius 1 is 1.00 bits per heavy atom. The third kappa shape index (κ3) is 4.68. The van der Waals surface area contributed by atoms with Crippen LogP contribution in [0.2, 0.25) is 0 Å². The molecule has 0 radical (unpaired) electrons. The van der Waals surface area contributed by atoms with Gasteiger partial charge in [0.05, 0.1) is 0 Å². The van der Waals surface area contributed by atoms with Crippen molar-refractivity contribution in [1.82, 2.24) is 0 Å². The number of nitrogen functional groups attached to an aromatic ring is 1. The van der Waals surface area contributed by atoms with Crippen LogP contribution in [0.15, 0.2) is 48.5 Å². The topological polar surface area (TPSA) is 115 Å². The fourth-order valence-corrected chi connectivity index (χ4v) is 1.87. The average molecular weight is 295 g/mol. The Morgan fingerprint density at radius 2 is 1.62 bits per heavy atom. The molecule has 0 spiro atoms. The van der Waals surface area contributed by atoms with Gasteiger partial charge in [-0.3, -0.25) is 4.79 Å². The number of aliphatic carboxylic acids is 1. The van der Waals surface area contributed by atoms with Crippen molar-refractivity contribution in [2.45, 2.75) is 6.42 Å². The SMILES string of the molecule is Nc1c(CC(=O)[O-])cccc1C(=O)c1ccccc1.O.[Na+]. The Hall–Kier alpha value is -1.66. The van der Waals surface area contributed by atoms with E-state index in [-0.39, 0.29) is 52.9 Å². The maximum Gasteiger partial charge on any atom is 1.00 e. The van der Waals surface area contributed by atoms with Crippen molar-refractivity contribution >= 4 is 17.4 Å². The molecule has 0 aliphatic rings. The summed E-state index contributed by atoms with van der Waals surface area (Å²) in [5, 5.41) is 10.6. The Morgan fingerprint density at radius 3 is 2.19 bits per heavy atom. The smallest absolute Gasteiger partial charge is 0.550 e. The van der Waals surface area contributed by atoms with Crippen molar-refractivity contribution in [2.75, 3.05) is 5.73 Å². The second kappa shape index (κ2) is 8.59. The summed E-state index contributed by atoms with van der Waals surface area (Å²) < 4.78 is 0. The van der Waals surface area contributed by atoms with Crippen molar-refractivity contribution in [3.63, 3.8) is 0 Å². The Balaban J connectivity index is 0.00000200. The summed E-state index contributed by atoms with van der Waals surface area (Å²) in [5.41, 5.74) is 7.27. The first-order valence-corrected chi connectivity index (χ1v) is 5.76. The van der Waals surface area contributed by atoms with Gasteiger partial charge in [0.15, 0.2) is 5.78 Å². The number of anilines is 1. The van der Waals surface area contributed by atoms with E-state index in [2.05, 4.69) is 0 Å². The summed E-state index contributed by atoms with van der Waals surface area (Å²) in [4.78, 5) is 22.9. The Bertz CT molecular complexity index is 629. The van der Waals surface area contributed by atoms with Crippen LogP contribution in [0.5, 0.6) is 0 Å². The summed E-state index contributed by atoms with van der Waals surface area (Å²) in [6.45, 7) is 0. The maximum absolute atomic E-state index is 12.3. The molecule has 6 heteroatoms. The molecular weight excluding hydrogens is 281 g/mol. The van der Waals surface area contributed by atoms with Gasteiger partial charge < -0.3 is 21.1 Å². The van der Waals surface area contributed by atoms with Crippen LogP contribution in [-0.2, 0) is 11.2 Å². The molecule has 0 unspecified atom stereocenters. The van der Waals surface area contributed by atoms with Gasteiger partial charge >= 0.3 is 29.6 Å². The van der Waals surface area contributed by atoms with Crippen LogP contribution >= 0.6 is 0 Å². The van der Waals surface area contributed by atoms with Crippen molar-refractivity contribution < 1.29 is 49.7 Å². The first kappa shape index (κ1) is 19.3. The van der Waals surface area contributed by atoms with Gasteiger partial charge in [-0.1, -0.05) is 42.5 Å². The molecule has 0 fully saturated rings. The van der Waals surface area contributed by atoms with Crippen LogP contribution in [-0.4, -0.2) is 17.2 Å². The van der Waals surface area contributed by atoms with E-state index in [1.807, 2.05) is 6.07 Å². The molecule has 104 valence electrons. The molecule has 0 saturated carbocycles. The van der Waals surface area contributed by atoms with E-state index in [1.165, 1.54) is 0 Å². The number of hydrogen-bond acceptors (Lipinski definition) is 4. The number of hydrogen-bond donors (Lipinski definition) is 1. The van der Waals surface area contributed by atoms with Crippen LogP contribution in [0.4, 0.5) is 5.69 Å². The third-order valence-electron chi connectivity index (χ3n) is 2.81. The minimum atomic E-state index is -1.23. The number of para-hydroxylation sites is 1. The molecule has 0 amide bonds. The number of carboxylic acid groups (broad SMARTS) is 1. The predicted molar refractivity (Wildman–Crippen MR) is 73.1 cm³/mol. The zero-order valence-corrected chi connectivity index (χ0v) is 13.6. The van der Waals surface area contributed by atoms with Gasteiger partial charge in [0.1, 0.15) is 0 Å². The Labute approximate surface area is 144 Å². The summed E-state index contributed by atoms with van der Waals surface area (Å²) in [5.74, 6) is -1.45. The summed E-state index contributed by atoms with van der Waals surface area (Å²) in [7, 11) is 0. The van der Waals surface area contributed by atoms with Crippen molar-refractivity contribution in [2.24, 2.45) is 0 Å². The molecule has 0 saturated heterocycles. The minimum Gasteiger partial charge on any atom is -0.550 e. The summed E-state index contributed by atoms with van der Waals surface area (Å²) in [6, 6.07) is 13.5. The van der Waals surface area contributed by atoms with E-state index >= 15 is 0 Å². The van der Waals surface area contributed by atoms with Crippen LogP contribution in [0.25, 0.3) is 0 Å². The number of carbonyl (C=O) groups excluding carboxylic acids is 2. The van der Waals surface area contributed by atoms with E-state index in [0.29, 0.717) is 16.7 Å². The molecule has 0 aromatic heterocycles. The molecule has 0 heterocycles. The molecule has 2 aromatic carbocycles. The zero-order chi connectivity index (χ0) is 13.8. The first-order valence-electron chi connectivity index (χ1n) is 5.76. The van der Waals surface area contributed by atoms with Crippen LogP contribution in [0.1, 0.15) is 21.5 Å². The molecule has 0 bridgehead atoms. The largest absolute Gasteiger partial charge is 1.00 e. The summed E-state index contributed by atoms with van der Waals surface area (Å²) >= 11 is 0. The third-order valence-corrected chi connectivity index (χ3v) is 2.81. The van der Waals surface area contributed by atoms with Gasteiger partial charge in [0.25, 0.3) is 0 Å². The van der Waals surface area contributed by atoms with Gasteiger partial charge in [0.2, 0.25) is 0 Å². The average Bonchev–Trinajstić information content (AvgIpc) is 2.41. The number of benzene rings is 2. The Kier molecular flexibility index (Phi) is 7.91. The van der Waals surface area contributed by atoms with Gasteiger partial charge in [0, 0.05) is 29.2 Å². The van der Waals surface area contributed by atoms with Crippen molar-refractivity contribution in [1.29, 1.82) is 0 Å².